The molecule has 0 bridgehead atoms. The molecule has 8 heteroatoms. The van der Waals surface area contributed by atoms with E-state index in [2.05, 4.69) is 9.84 Å². The minimum Gasteiger partial charge on any atom is -0.478 e. The van der Waals surface area contributed by atoms with Crippen molar-refractivity contribution in [3.8, 4) is 5.75 Å². The van der Waals surface area contributed by atoms with E-state index in [0.717, 1.165) is 10.9 Å². The van der Waals surface area contributed by atoms with Gasteiger partial charge in [0.1, 0.15) is 5.75 Å². The molecule has 0 saturated heterocycles. The maximum atomic E-state index is 12.1. The summed E-state index contributed by atoms with van der Waals surface area (Å²) in [6.45, 7) is 0.337. The van der Waals surface area contributed by atoms with E-state index < -0.39 is 12.3 Å². The Morgan fingerprint density at radius 1 is 1.17 bits per heavy atom. The number of ether oxygens (including phenoxy) is 1. The quantitative estimate of drug-likeness (QED) is 0.789. The Hall–Kier alpha value is -3.03. The van der Waals surface area contributed by atoms with Gasteiger partial charge in [0.15, 0.2) is 0 Å². The SMILES string of the molecule is O=C(O)c1ccc2cn(Cc3ccc(OC(F)(F)F)cc3)nc2c1. The van der Waals surface area contributed by atoms with Crippen LogP contribution in [0.25, 0.3) is 10.9 Å². The van der Waals surface area contributed by atoms with Crippen LogP contribution in [0.15, 0.2) is 48.7 Å². The van der Waals surface area contributed by atoms with Gasteiger partial charge in [-0.05, 0) is 29.8 Å². The number of hydrogen-bond donors (Lipinski definition) is 1. The van der Waals surface area contributed by atoms with Crippen LogP contribution >= 0.6 is 0 Å². The Bertz CT molecular complexity index is 886. The molecule has 0 saturated carbocycles. The van der Waals surface area contributed by atoms with Crippen molar-refractivity contribution in [2.24, 2.45) is 0 Å². The van der Waals surface area contributed by atoms with E-state index in [1.165, 1.54) is 36.4 Å². The lowest BCUT2D eigenvalue weighted by Gasteiger charge is -2.09. The Morgan fingerprint density at radius 2 is 1.88 bits per heavy atom. The summed E-state index contributed by atoms with van der Waals surface area (Å²) in [5, 5.41) is 14.0. The van der Waals surface area contributed by atoms with Gasteiger partial charge >= 0.3 is 12.3 Å². The van der Waals surface area contributed by atoms with Crippen molar-refractivity contribution in [2.75, 3.05) is 0 Å². The van der Waals surface area contributed by atoms with Gasteiger partial charge in [0, 0.05) is 11.6 Å². The third-order valence-electron chi connectivity index (χ3n) is 3.30. The zero-order valence-electron chi connectivity index (χ0n) is 12.1. The predicted octanol–water partition coefficient (Wildman–Crippen LogP) is 3.68. The molecule has 1 N–H and O–H groups in total. The van der Waals surface area contributed by atoms with Gasteiger partial charge in [-0.25, -0.2) is 4.79 Å². The second kappa shape index (κ2) is 5.88. The lowest BCUT2D eigenvalue weighted by molar-refractivity contribution is -0.274. The molecule has 0 aliphatic rings. The van der Waals surface area contributed by atoms with Crippen LogP contribution in [-0.2, 0) is 6.54 Å². The number of aromatic carboxylic acids is 1. The molecule has 0 amide bonds. The number of halogens is 3. The van der Waals surface area contributed by atoms with Crippen molar-refractivity contribution in [1.82, 2.24) is 9.78 Å². The van der Waals surface area contributed by atoms with Gasteiger partial charge < -0.3 is 9.84 Å². The molecule has 3 rings (SSSR count). The topological polar surface area (TPSA) is 64.3 Å². The zero-order chi connectivity index (χ0) is 17.3. The highest BCUT2D eigenvalue weighted by atomic mass is 19.4. The highest BCUT2D eigenvalue weighted by Gasteiger charge is 2.30. The van der Waals surface area contributed by atoms with Gasteiger partial charge in [-0.3, -0.25) is 4.68 Å². The second-order valence-corrected chi connectivity index (χ2v) is 5.10. The lowest BCUT2D eigenvalue weighted by atomic mass is 10.2. The Kier molecular flexibility index (Phi) is 3.88. The van der Waals surface area contributed by atoms with Crippen molar-refractivity contribution in [1.29, 1.82) is 0 Å². The molecule has 1 heterocycles. The Morgan fingerprint density at radius 3 is 2.50 bits per heavy atom. The van der Waals surface area contributed by atoms with E-state index in [4.69, 9.17) is 5.11 Å². The fourth-order valence-corrected chi connectivity index (χ4v) is 2.26. The summed E-state index contributed by atoms with van der Waals surface area (Å²) in [4.78, 5) is 10.9. The molecule has 124 valence electrons. The van der Waals surface area contributed by atoms with Crippen LogP contribution in [0.5, 0.6) is 5.75 Å². The van der Waals surface area contributed by atoms with E-state index in [-0.39, 0.29) is 11.3 Å². The minimum atomic E-state index is -4.72. The van der Waals surface area contributed by atoms with Crippen molar-refractivity contribution in [3.63, 3.8) is 0 Å². The number of carboxylic acid groups (broad SMARTS) is 1. The summed E-state index contributed by atoms with van der Waals surface area (Å²) in [5.41, 5.74) is 1.41. The molecule has 0 spiro atoms. The average Bonchev–Trinajstić information content (AvgIpc) is 2.89. The number of carboxylic acids is 1. The van der Waals surface area contributed by atoms with E-state index in [9.17, 15) is 18.0 Å². The number of carbonyl (C=O) groups is 1. The summed E-state index contributed by atoms with van der Waals surface area (Å²) in [6, 6.07) is 10.1. The first-order valence-electron chi connectivity index (χ1n) is 6.85. The van der Waals surface area contributed by atoms with Crippen LogP contribution in [-0.4, -0.2) is 27.2 Å². The highest BCUT2D eigenvalue weighted by molar-refractivity contribution is 5.92. The monoisotopic (exact) mass is 336 g/mol. The van der Waals surface area contributed by atoms with Crippen LogP contribution in [0.1, 0.15) is 15.9 Å². The van der Waals surface area contributed by atoms with Crippen molar-refractivity contribution in [2.45, 2.75) is 12.9 Å². The smallest absolute Gasteiger partial charge is 0.478 e. The summed E-state index contributed by atoms with van der Waals surface area (Å²) in [6.07, 6.45) is -2.98. The van der Waals surface area contributed by atoms with E-state index in [1.807, 2.05) is 0 Å². The summed E-state index contributed by atoms with van der Waals surface area (Å²) >= 11 is 0. The Labute approximate surface area is 133 Å². The van der Waals surface area contributed by atoms with E-state index in [0.29, 0.717) is 12.1 Å². The van der Waals surface area contributed by atoms with Crippen LogP contribution in [0.3, 0.4) is 0 Å². The number of hydrogen-bond acceptors (Lipinski definition) is 3. The fraction of sp³-hybridized carbons (Fsp3) is 0.125. The first-order chi connectivity index (χ1) is 11.3. The molecule has 5 nitrogen and oxygen atoms in total. The number of benzene rings is 2. The number of fused-ring (bicyclic) bond motifs is 1. The maximum Gasteiger partial charge on any atom is 0.573 e. The molecule has 0 atom stereocenters. The number of aromatic nitrogens is 2. The largest absolute Gasteiger partial charge is 0.573 e. The van der Waals surface area contributed by atoms with Crippen molar-refractivity contribution >= 4 is 16.9 Å². The van der Waals surface area contributed by atoms with Gasteiger partial charge in [-0.2, -0.15) is 5.10 Å². The van der Waals surface area contributed by atoms with Crippen LogP contribution in [0.2, 0.25) is 0 Å². The third-order valence-corrected chi connectivity index (χ3v) is 3.30. The van der Waals surface area contributed by atoms with Crippen molar-refractivity contribution < 1.29 is 27.8 Å². The maximum absolute atomic E-state index is 12.1. The van der Waals surface area contributed by atoms with Gasteiger partial charge in [-0.15, -0.1) is 13.2 Å². The molecule has 0 radical (unpaired) electrons. The highest BCUT2D eigenvalue weighted by Crippen LogP contribution is 2.23. The molecule has 0 aliphatic heterocycles. The molecule has 0 unspecified atom stereocenters. The molecule has 0 fully saturated rings. The number of alkyl halides is 3. The predicted molar refractivity (Wildman–Crippen MR) is 78.9 cm³/mol. The van der Waals surface area contributed by atoms with E-state index >= 15 is 0 Å². The summed E-state index contributed by atoms with van der Waals surface area (Å²) in [7, 11) is 0. The lowest BCUT2D eigenvalue weighted by Crippen LogP contribution is -2.17. The minimum absolute atomic E-state index is 0.140. The van der Waals surface area contributed by atoms with Gasteiger partial charge in [-0.1, -0.05) is 18.2 Å². The number of nitrogens with zero attached hydrogens (tertiary/aromatic N) is 2. The van der Waals surface area contributed by atoms with Crippen molar-refractivity contribution in [3.05, 3.63) is 59.8 Å². The molecule has 2 aromatic carbocycles. The molecular formula is C16H11F3N2O3. The molecule has 3 aromatic rings. The van der Waals surface area contributed by atoms with Crippen LogP contribution in [0.4, 0.5) is 13.2 Å². The average molecular weight is 336 g/mol. The molecule has 24 heavy (non-hydrogen) atoms. The Balaban J connectivity index is 1.78. The van der Waals surface area contributed by atoms with Gasteiger partial charge in [0.05, 0.1) is 17.6 Å². The van der Waals surface area contributed by atoms with Crippen LogP contribution < -0.4 is 4.74 Å². The first kappa shape index (κ1) is 15.9. The van der Waals surface area contributed by atoms with Gasteiger partial charge in [0.25, 0.3) is 0 Å². The molecule has 1 aromatic heterocycles. The fourth-order valence-electron chi connectivity index (χ4n) is 2.26. The van der Waals surface area contributed by atoms with Gasteiger partial charge in [0.2, 0.25) is 0 Å². The van der Waals surface area contributed by atoms with E-state index in [1.54, 1.807) is 16.9 Å². The standard InChI is InChI=1S/C16H11F3N2O3/c17-16(18,19)24-13-5-1-10(2-6-13)8-21-9-12-4-3-11(15(22)23)7-14(12)20-21/h1-7,9H,8H2,(H,22,23). The zero-order valence-corrected chi connectivity index (χ0v) is 12.1. The second-order valence-electron chi connectivity index (χ2n) is 5.10. The summed E-state index contributed by atoms with van der Waals surface area (Å²) < 4.78 is 41.8. The molecular weight excluding hydrogens is 325 g/mol. The normalized spacial score (nSPS) is 11.6. The van der Waals surface area contributed by atoms with Crippen LogP contribution in [0, 0.1) is 0 Å². The third kappa shape index (κ3) is 3.65. The first-order valence-corrected chi connectivity index (χ1v) is 6.85. The molecule has 0 aliphatic carbocycles. The number of rotatable bonds is 4. The summed E-state index contributed by atoms with van der Waals surface area (Å²) in [5.74, 6) is -1.32.